The smallest absolute Gasteiger partial charge is 0.318 e. The van der Waals surface area contributed by atoms with Crippen molar-refractivity contribution in [2.45, 2.75) is 34.1 Å². The molecule has 1 heterocycles. The summed E-state index contributed by atoms with van der Waals surface area (Å²) in [7, 11) is 0. The van der Waals surface area contributed by atoms with Gasteiger partial charge in [-0.1, -0.05) is 29.3 Å². The zero-order valence-electron chi connectivity index (χ0n) is 15.0. The van der Waals surface area contributed by atoms with Crippen molar-refractivity contribution in [2.75, 3.05) is 0 Å². The van der Waals surface area contributed by atoms with Gasteiger partial charge in [0.2, 0.25) is 5.88 Å². The fraction of sp³-hybridized carbons (Fsp3) is 0.316. The van der Waals surface area contributed by atoms with Gasteiger partial charge in [-0.2, -0.15) is 0 Å². The van der Waals surface area contributed by atoms with E-state index in [1.807, 2.05) is 32.9 Å². The number of hydrogen-bond donors (Lipinski definition) is 2. The van der Waals surface area contributed by atoms with Crippen LogP contribution in [0.2, 0.25) is 5.02 Å². The lowest BCUT2D eigenvalue weighted by atomic mass is 10.00. The molecule has 0 fully saturated rings. The Kier molecular flexibility index (Phi) is 5.87. The van der Waals surface area contributed by atoms with E-state index in [1.165, 1.54) is 0 Å². The third kappa shape index (κ3) is 4.32. The van der Waals surface area contributed by atoms with Gasteiger partial charge >= 0.3 is 11.9 Å². The fourth-order valence-electron chi connectivity index (χ4n) is 2.81. The standard InChI is InChI=1S/C19H20ClNO5/c1-9-5-10(2)16(11(3)6-9)26-17-13(15(20)7-12(4)21-17)8-14(18(22)23)19(24)25/h5-7,14H,8H2,1-4H3,(H,22,23)(H,24,25). The Morgan fingerprint density at radius 3 is 2.12 bits per heavy atom. The molecule has 0 aliphatic rings. The quantitative estimate of drug-likeness (QED) is 0.736. The summed E-state index contributed by atoms with van der Waals surface area (Å²) in [6.07, 6.45) is -0.323. The third-order valence-corrected chi connectivity index (χ3v) is 4.31. The van der Waals surface area contributed by atoms with Gasteiger partial charge in [0, 0.05) is 17.7 Å². The van der Waals surface area contributed by atoms with Crippen molar-refractivity contribution in [1.82, 2.24) is 4.98 Å². The van der Waals surface area contributed by atoms with Crippen LogP contribution >= 0.6 is 11.6 Å². The molecule has 0 bridgehead atoms. The Labute approximate surface area is 156 Å². The molecule has 0 spiro atoms. The van der Waals surface area contributed by atoms with Crippen LogP contribution in [0.1, 0.15) is 27.9 Å². The zero-order chi connectivity index (χ0) is 19.6. The van der Waals surface area contributed by atoms with E-state index in [9.17, 15) is 9.59 Å². The first-order chi connectivity index (χ1) is 12.1. The van der Waals surface area contributed by atoms with Crippen LogP contribution < -0.4 is 4.74 Å². The average molecular weight is 378 g/mol. The maximum Gasteiger partial charge on any atom is 0.318 e. The number of benzene rings is 1. The monoisotopic (exact) mass is 377 g/mol. The second-order valence-electron chi connectivity index (χ2n) is 6.29. The number of halogens is 1. The third-order valence-electron chi connectivity index (χ3n) is 3.97. The lowest BCUT2D eigenvalue weighted by Gasteiger charge is -2.17. The Balaban J connectivity index is 2.52. The van der Waals surface area contributed by atoms with Crippen molar-refractivity contribution in [1.29, 1.82) is 0 Å². The highest BCUT2D eigenvalue weighted by Crippen LogP contribution is 2.35. The number of aryl methyl sites for hydroxylation is 4. The van der Waals surface area contributed by atoms with Crippen molar-refractivity contribution in [3.63, 3.8) is 0 Å². The topological polar surface area (TPSA) is 96.7 Å². The highest BCUT2D eigenvalue weighted by Gasteiger charge is 2.29. The second-order valence-corrected chi connectivity index (χ2v) is 6.70. The molecule has 0 radical (unpaired) electrons. The Morgan fingerprint density at radius 1 is 1.08 bits per heavy atom. The minimum Gasteiger partial charge on any atom is -0.481 e. The molecule has 26 heavy (non-hydrogen) atoms. The highest BCUT2D eigenvalue weighted by molar-refractivity contribution is 6.31. The number of nitrogens with zero attached hydrogens (tertiary/aromatic N) is 1. The summed E-state index contributed by atoms with van der Waals surface area (Å²) in [5.41, 5.74) is 3.70. The lowest BCUT2D eigenvalue weighted by molar-refractivity contribution is -0.154. The molecule has 138 valence electrons. The molecule has 7 heteroatoms. The second kappa shape index (κ2) is 7.74. The normalized spacial score (nSPS) is 10.8. The molecule has 2 rings (SSSR count). The number of carboxylic acid groups (broad SMARTS) is 2. The van der Waals surface area contributed by atoms with E-state index in [-0.39, 0.29) is 22.9 Å². The minimum atomic E-state index is -1.64. The zero-order valence-corrected chi connectivity index (χ0v) is 15.7. The molecular formula is C19H20ClNO5. The van der Waals surface area contributed by atoms with Crippen molar-refractivity contribution in [3.8, 4) is 11.6 Å². The molecule has 0 saturated carbocycles. The number of hydrogen-bond acceptors (Lipinski definition) is 4. The van der Waals surface area contributed by atoms with Crippen LogP contribution in [0.25, 0.3) is 0 Å². The van der Waals surface area contributed by atoms with E-state index in [1.54, 1.807) is 13.0 Å². The summed E-state index contributed by atoms with van der Waals surface area (Å²) in [5, 5.41) is 18.6. The number of rotatable bonds is 6. The molecule has 1 aromatic carbocycles. The van der Waals surface area contributed by atoms with Gasteiger partial charge in [0.1, 0.15) is 5.75 Å². The lowest BCUT2D eigenvalue weighted by Crippen LogP contribution is -2.26. The predicted molar refractivity (Wildman–Crippen MR) is 97.2 cm³/mol. The van der Waals surface area contributed by atoms with Crippen LogP contribution in [0, 0.1) is 33.6 Å². The van der Waals surface area contributed by atoms with Crippen LogP contribution in [0.4, 0.5) is 0 Å². The van der Waals surface area contributed by atoms with Crippen LogP contribution in [0.3, 0.4) is 0 Å². The molecule has 0 aliphatic carbocycles. The largest absolute Gasteiger partial charge is 0.481 e. The van der Waals surface area contributed by atoms with Crippen molar-refractivity contribution >= 4 is 23.5 Å². The van der Waals surface area contributed by atoms with Crippen LogP contribution in [0.15, 0.2) is 18.2 Å². The van der Waals surface area contributed by atoms with Gasteiger partial charge in [-0.15, -0.1) is 0 Å². The van der Waals surface area contributed by atoms with Crippen molar-refractivity contribution in [3.05, 3.63) is 51.2 Å². The number of aliphatic carboxylic acids is 2. The van der Waals surface area contributed by atoms with Gasteiger partial charge in [0.05, 0.1) is 5.02 Å². The number of carbonyl (C=O) groups is 2. The molecule has 1 aromatic heterocycles. The Bertz CT molecular complexity index is 841. The van der Waals surface area contributed by atoms with E-state index in [0.29, 0.717) is 11.4 Å². The summed E-state index contributed by atoms with van der Waals surface area (Å²) in [6.45, 7) is 7.48. The van der Waals surface area contributed by atoms with E-state index in [4.69, 9.17) is 26.6 Å². The first-order valence-corrected chi connectivity index (χ1v) is 8.35. The van der Waals surface area contributed by atoms with E-state index in [2.05, 4.69) is 4.98 Å². The summed E-state index contributed by atoms with van der Waals surface area (Å²) < 4.78 is 5.97. The summed E-state index contributed by atoms with van der Waals surface area (Å²) in [4.78, 5) is 26.8. The SMILES string of the molecule is Cc1cc(C)c(Oc2nc(C)cc(Cl)c2CC(C(=O)O)C(=O)O)c(C)c1. The van der Waals surface area contributed by atoms with Gasteiger partial charge in [-0.05, 0) is 44.9 Å². The van der Waals surface area contributed by atoms with Crippen molar-refractivity contribution < 1.29 is 24.5 Å². The van der Waals surface area contributed by atoms with E-state index in [0.717, 1.165) is 16.7 Å². The minimum absolute atomic E-state index is 0.123. The van der Waals surface area contributed by atoms with Crippen LogP contribution in [-0.2, 0) is 16.0 Å². The van der Waals surface area contributed by atoms with Gasteiger partial charge in [0.25, 0.3) is 0 Å². The molecule has 2 aromatic rings. The molecule has 0 saturated heterocycles. The molecule has 0 unspecified atom stereocenters. The first kappa shape index (κ1) is 19.7. The van der Waals surface area contributed by atoms with E-state index >= 15 is 0 Å². The number of ether oxygens (including phenoxy) is 1. The van der Waals surface area contributed by atoms with Crippen LogP contribution in [0.5, 0.6) is 11.6 Å². The highest BCUT2D eigenvalue weighted by atomic mass is 35.5. The van der Waals surface area contributed by atoms with Crippen LogP contribution in [-0.4, -0.2) is 27.1 Å². The van der Waals surface area contributed by atoms with Gasteiger partial charge in [0.15, 0.2) is 5.92 Å². The Hall–Kier alpha value is -2.60. The summed E-state index contributed by atoms with van der Waals surface area (Å²) in [6, 6.07) is 5.47. The summed E-state index contributed by atoms with van der Waals surface area (Å²) >= 11 is 6.25. The molecule has 2 N–H and O–H groups in total. The maximum atomic E-state index is 11.3. The first-order valence-electron chi connectivity index (χ1n) is 7.97. The molecular weight excluding hydrogens is 358 g/mol. The average Bonchev–Trinajstić information content (AvgIpc) is 2.48. The molecule has 6 nitrogen and oxygen atoms in total. The fourth-order valence-corrected chi connectivity index (χ4v) is 3.13. The maximum absolute atomic E-state index is 11.3. The number of aromatic nitrogens is 1. The van der Waals surface area contributed by atoms with E-state index < -0.39 is 17.9 Å². The van der Waals surface area contributed by atoms with Crippen molar-refractivity contribution in [2.24, 2.45) is 5.92 Å². The van der Waals surface area contributed by atoms with Gasteiger partial charge in [-0.3, -0.25) is 9.59 Å². The summed E-state index contributed by atoms with van der Waals surface area (Å²) in [5.74, 6) is -3.81. The molecule has 0 aliphatic heterocycles. The Morgan fingerprint density at radius 2 is 1.62 bits per heavy atom. The van der Waals surface area contributed by atoms with Gasteiger partial charge < -0.3 is 14.9 Å². The molecule has 0 amide bonds. The number of carboxylic acids is 2. The molecule has 0 atom stereocenters. The number of pyridine rings is 1. The predicted octanol–water partition coefficient (Wildman–Crippen LogP) is 4.09. The van der Waals surface area contributed by atoms with Gasteiger partial charge in [-0.25, -0.2) is 4.98 Å².